The fourth-order valence-electron chi connectivity index (χ4n) is 2.97. The molecule has 2 unspecified atom stereocenters. The standard InChI is InChI=1S/C16H27N3O/c1-12(2)20-16-10-15(18-11-19-16)17-8-7-14-6-4-5-13(3)9-14/h10-14H,4-9H2,1-3H3,(H,17,18,19). The van der Waals surface area contributed by atoms with Crippen LogP contribution in [0.1, 0.15) is 52.9 Å². The van der Waals surface area contributed by atoms with Crippen molar-refractivity contribution < 1.29 is 4.74 Å². The third-order valence-electron chi connectivity index (χ3n) is 3.90. The Morgan fingerprint density at radius 2 is 2.20 bits per heavy atom. The summed E-state index contributed by atoms with van der Waals surface area (Å²) in [4.78, 5) is 8.36. The van der Waals surface area contributed by atoms with Gasteiger partial charge in [0.05, 0.1) is 6.10 Å². The Kier molecular flexibility index (Phi) is 5.62. The zero-order valence-corrected chi connectivity index (χ0v) is 12.9. The highest BCUT2D eigenvalue weighted by Gasteiger charge is 2.18. The molecule has 1 aromatic rings. The third-order valence-corrected chi connectivity index (χ3v) is 3.90. The maximum Gasteiger partial charge on any atom is 0.218 e. The van der Waals surface area contributed by atoms with Crippen LogP contribution < -0.4 is 10.1 Å². The Hall–Kier alpha value is -1.32. The van der Waals surface area contributed by atoms with Gasteiger partial charge in [-0.25, -0.2) is 9.97 Å². The summed E-state index contributed by atoms with van der Waals surface area (Å²) in [5.41, 5.74) is 0. The molecule has 2 atom stereocenters. The molecule has 0 bridgehead atoms. The average molecular weight is 277 g/mol. The zero-order chi connectivity index (χ0) is 14.4. The predicted octanol–water partition coefficient (Wildman–Crippen LogP) is 3.89. The van der Waals surface area contributed by atoms with Crippen molar-refractivity contribution in [1.82, 2.24) is 9.97 Å². The van der Waals surface area contributed by atoms with Crippen molar-refractivity contribution in [3.63, 3.8) is 0 Å². The molecule has 1 heterocycles. The van der Waals surface area contributed by atoms with Gasteiger partial charge >= 0.3 is 0 Å². The highest BCUT2D eigenvalue weighted by Crippen LogP contribution is 2.30. The first-order valence-corrected chi connectivity index (χ1v) is 7.86. The fraction of sp³-hybridized carbons (Fsp3) is 0.750. The van der Waals surface area contributed by atoms with Crippen LogP contribution in [0.15, 0.2) is 12.4 Å². The van der Waals surface area contributed by atoms with Crippen molar-refractivity contribution in [2.75, 3.05) is 11.9 Å². The van der Waals surface area contributed by atoms with Gasteiger partial charge in [-0.1, -0.05) is 26.2 Å². The van der Waals surface area contributed by atoms with Crippen LogP contribution in [0.3, 0.4) is 0 Å². The monoisotopic (exact) mass is 277 g/mol. The Morgan fingerprint density at radius 3 is 2.95 bits per heavy atom. The summed E-state index contributed by atoms with van der Waals surface area (Å²) >= 11 is 0. The van der Waals surface area contributed by atoms with E-state index in [0.717, 1.165) is 24.2 Å². The van der Waals surface area contributed by atoms with Gasteiger partial charge in [0.25, 0.3) is 0 Å². The first-order valence-electron chi connectivity index (χ1n) is 7.86. The van der Waals surface area contributed by atoms with Crippen LogP contribution in [0.4, 0.5) is 5.82 Å². The van der Waals surface area contributed by atoms with Gasteiger partial charge < -0.3 is 10.1 Å². The second-order valence-electron chi connectivity index (χ2n) is 6.26. The number of anilines is 1. The lowest BCUT2D eigenvalue weighted by Gasteiger charge is -2.26. The van der Waals surface area contributed by atoms with Gasteiger partial charge in [-0.15, -0.1) is 0 Å². The second-order valence-corrected chi connectivity index (χ2v) is 6.26. The number of nitrogens with zero attached hydrogens (tertiary/aromatic N) is 2. The summed E-state index contributed by atoms with van der Waals surface area (Å²) in [6.07, 6.45) is 8.50. The predicted molar refractivity (Wildman–Crippen MR) is 82.0 cm³/mol. The minimum Gasteiger partial charge on any atom is -0.475 e. The molecule has 1 saturated carbocycles. The van der Waals surface area contributed by atoms with E-state index in [-0.39, 0.29) is 6.10 Å². The van der Waals surface area contributed by atoms with E-state index in [0.29, 0.717) is 5.88 Å². The van der Waals surface area contributed by atoms with Gasteiger partial charge in [0.2, 0.25) is 5.88 Å². The van der Waals surface area contributed by atoms with Crippen molar-refractivity contribution in [3.05, 3.63) is 12.4 Å². The number of hydrogen-bond donors (Lipinski definition) is 1. The summed E-state index contributed by atoms with van der Waals surface area (Å²) in [6.45, 7) is 7.36. The zero-order valence-electron chi connectivity index (χ0n) is 12.9. The number of hydrogen-bond acceptors (Lipinski definition) is 4. The Morgan fingerprint density at radius 1 is 1.35 bits per heavy atom. The van der Waals surface area contributed by atoms with Crippen LogP contribution in [0, 0.1) is 11.8 Å². The highest BCUT2D eigenvalue weighted by molar-refractivity contribution is 5.36. The molecule has 112 valence electrons. The molecule has 4 heteroatoms. The van der Waals surface area contributed by atoms with Crippen LogP contribution in [-0.2, 0) is 0 Å². The van der Waals surface area contributed by atoms with E-state index in [4.69, 9.17) is 4.74 Å². The SMILES string of the molecule is CC1CCCC(CCNc2cc(OC(C)C)ncn2)C1. The molecular formula is C16H27N3O. The summed E-state index contributed by atoms with van der Waals surface area (Å²) in [5, 5.41) is 3.39. The van der Waals surface area contributed by atoms with E-state index >= 15 is 0 Å². The number of nitrogens with one attached hydrogen (secondary N) is 1. The molecule has 1 fully saturated rings. The maximum absolute atomic E-state index is 5.57. The van der Waals surface area contributed by atoms with E-state index in [1.54, 1.807) is 6.33 Å². The number of rotatable bonds is 6. The lowest BCUT2D eigenvalue weighted by atomic mass is 9.81. The van der Waals surface area contributed by atoms with E-state index in [9.17, 15) is 0 Å². The summed E-state index contributed by atoms with van der Waals surface area (Å²) in [7, 11) is 0. The molecule has 1 aliphatic rings. The van der Waals surface area contributed by atoms with Gasteiger partial charge in [-0.2, -0.15) is 0 Å². The second kappa shape index (κ2) is 7.46. The van der Waals surface area contributed by atoms with Crippen LogP contribution in [-0.4, -0.2) is 22.6 Å². The van der Waals surface area contributed by atoms with E-state index in [1.807, 2.05) is 19.9 Å². The molecule has 0 aliphatic heterocycles. The normalized spacial score (nSPS) is 22.8. The fourth-order valence-corrected chi connectivity index (χ4v) is 2.97. The molecule has 4 nitrogen and oxygen atoms in total. The number of aromatic nitrogens is 2. The maximum atomic E-state index is 5.57. The van der Waals surface area contributed by atoms with E-state index < -0.39 is 0 Å². The Balaban J connectivity index is 1.76. The van der Waals surface area contributed by atoms with Crippen molar-refractivity contribution in [1.29, 1.82) is 0 Å². The largest absolute Gasteiger partial charge is 0.475 e. The molecular weight excluding hydrogens is 250 g/mol. The Bertz CT molecular complexity index is 408. The smallest absolute Gasteiger partial charge is 0.218 e. The van der Waals surface area contributed by atoms with E-state index in [2.05, 4.69) is 22.2 Å². The van der Waals surface area contributed by atoms with Crippen molar-refractivity contribution >= 4 is 5.82 Å². The van der Waals surface area contributed by atoms with Gasteiger partial charge in [0.1, 0.15) is 12.1 Å². The first-order chi connectivity index (χ1) is 9.63. The highest BCUT2D eigenvalue weighted by atomic mass is 16.5. The molecule has 1 aliphatic carbocycles. The lowest BCUT2D eigenvalue weighted by molar-refractivity contribution is 0.232. The first kappa shape index (κ1) is 15.1. The van der Waals surface area contributed by atoms with Crippen molar-refractivity contribution in [3.8, 4) is 5.88 Å². The average Bonchev–Trinajstić information content (AvgIpc) is 2.38. The molecule has 1 N–H and O–H groups in total. The van der Waals surface area contributed by atoms with Crippen LogP contribution in [0.2, 0.25) is 0 Å². The lowest BCUT2D eigenvalue weighted by Crippen LogP contribution is -2.17. The van der Waals surface area contributed by atoms with Crippen LogP contribution in [0.5, 0.6) is 5.88 Å². The van der Waals surface area contributed by atoms with Crippen molar-refractivity contribution in [2.24, 2.45) is 11.8 Å². The summed E-state index contributed by atoms with van der Waals surface area (Å²) < 4.78 is 5.57. The van der Waals surface area contributed by atoms with Gasteiger partial charge in [-0.3, -0.25) is 0 Å². The van der Waals surface area contributed by atoms with Gasteiger partial charge in [0.15, 0.2) is 0 Å². The van der Waals surface area contributed by atoms with E-state index in [1.165, 1.54) is 32.1 Å². The van der Waals surface area contributed by atoms with Gasteiger partial charge in [0, 0.05) is 12.6 Å². The summed E-state index contributed by atoms with van der Waals surface area (Å²) in [6, 6.07) is 1.88. The topological polar surface area (TPSA) is 47.0 Å². The molecule has 1 aromatic heterocycles. The molecule has 0 aromatic carbocycles. The van der Waals surface area contributed by atoms with Gasteiger partial charge in [-0.05, 0) is 38.5 Å². The van der Waals surface area contributed by atoms with Crippen LogP contribution >= 0.6 is 0 Å². The number of ether oxygens (including phenoxy) is 1. The van der Waals surface area contributed by atoms with Crippen LogP contribution in [0.25, 0.3) is 0 Å². The molecule has 2 rings (SSSR count). The molecule has 0 radical (unpaired) electrons. The minimum atomic E-state index is 0.140. The van der Waals surface area contributed by atoms with Crippen molar-refractivity contribution in [2.45, 2.75) is 59.0 Å². The summed E-state index contributed by atoms with van der Waals surface area (Å²) in [5.74, 6) is 3.28. The third kappa shape index (κ3) is 4.99. The quantitative estimate of drug-likeness (QED) is 0.857. The molecule has 0 amide bonds. The molecule has 20 heavy (non-hydrogen) atoms. The molecule has 0 saturated heterocycles. The molecule has 0 spiro atoms. The Labute approximate surface area is 122 Å². The minimum absolute atomic E-state index is 0.140.